The molecule has 3 unspecified atom stereocenters. The van der Waals surface area contributed by atoms with Gasteiger partial charge in [-0.2, -0.15) is 0 Å². The molecule has 2 heterocycles. The number of aliphatic hydroxyl groups is 3. The molecule has 0 amide bonds. The van der Waals surface area contributed by atoms with E-state index in [9.17, 15) is 33.0 Å². The average molecular weight is 504 g/mol. The van der Waals surface area contributed by atoms with Gasteiger partial charge in [-0.15, -0.1) is 5.10 Å². The van der Waals surface area contributed by atoms with Gasteiger partial charge in [0.05, 0.1) is 12.8 Å². The molecule has 33 heavy (non-hydrogen) atoms. The molecule has 0 saturated carbocycles. The molecule has 1 fully saturated rings. The van der Waals surface area contributed by atoms with Crippen LogP contribution in [0.1, 0.15) is 6.04 Å². The Labute approximate surface area is 193 Å². The summed E-state index contributed by atoms with van der Waals surface area (Å²) >= 11 is 3.91. The number of aromatic nitrogens is 3. The number of nitrogens with zero attached hydrogens (tertiary/aromatic N) is 3. The summed E-state index contributed by atoms with van der Waals surface area (Å²) in [7, 11) is 0. The van der Waals surface area contributed by atoms with Gasteiger partial charge < -0.3 is 24.6 Å². The van der Waals surface area contributed by atoms with Gasteiger partial charge in [0.1, 0.15) is 23.9 Å². The molecule has 8 nitrogen and oxygen atoms in total. The molecule has 0 aliphatic carbocycles. The Morgan fingerprint density at radius 3 is 2.33 bits per heavy atom. The first-order chi connectivity index (χ1) is 15.7. The van der Waals surface area contributed by atoms with Crippen LogP contribution in [0.4, 0.5) is 13.2 Å². The smallest absolute Gasteiger partial charge is 0.250 e. The Morgan fingerprint density at radius 2 is 1.73 bits per heavy atom. The Morgan fingerprint density at radius 1 is 1.09 bits per heavy atom. The molecule has 3 N–H and O–H groups in total. The summed E-state index contributed by atoms with van der Waals surface area (Å²) in [6.07, 6.45) is -3.14. The molecule has 1 aliphatic rings. The topological polar surface area (TPSA) is 124 Å². The summed E-state index contributed by atoms with van der Waals surface area (Å²) in [4.78, 5) is 0.284. The van der Waals surface area contributed by atoms with Crippen LogP contribution < -0.4 is 0 Å². The Balaban J connectivity index is 1.66. The molecule has 0 bridgehead atoms. The van der Waals surface area contributed by atoms with Crippen molar-refractivity contribution in [3.05, 3.63) is 65.1 Å². The van der Waals surface area contributed by atoms with Crippen LogP contribution in [0.2, 0.25) is 5.02 Å². The predicted molar refractivity (Wildman–Crippen MR) is 110 cm³/mol. The van der Waals surface area contributed by atoms with E-state index < -0.39 is 65.0 Å². The van der Waals surface area contributed by atoms with Gasteiger partial charge in [0, 0.05) is 21.8 Å². The molecule has 1 saturated heterocycles. The number of benzene rings is 2. The molecular formula is C20H17ClF3N3O5S. The molecule has 176 valence electrons. The number of hydrogen-bond donors (Lipinski definition) is 3. The fraction of sp³-hybridized carbons (Fsp3) is 0.300. The van der Waals surface area contributed by atoms with E-state index in [1.165, 1.54) is 30.5 Å². The van der Waals surface area contributed by atoms with Crippen molar-refractivity contribution < 1.29 is 37.8 Å². The van der Waals surface area contributed by atoms with E-state index in [4.69, 9.17) is 16.3 Å². The first-order valence-electron chi connectivity index (χ1n) is 9.56. The first kappa shape index (κ1) is 24.0. The Bertz CT molecular complexity index is 1120. The van der Waals surface area contributed by atoms with E-state index in [1.807, 2.05) is 0 Å². The lowest BCUT2D eigenvalue weighted by molar-refractivity contribution is -0.180. The van der Waals surface area contributed by atoms with Crippen molar-refractivity contribution in [3.8, 4) is 11.3 Å². The van der Waals surface area contributed by atoms with Crippen LogP contribution in [-0.2, 0) is 15.9 Å². The van der Waals surface area contributed by atoms with Crippen molar-refractivity contribution in [1.82, 2.24) is 15.0 Å². The van der Waals surface area contributed by atoms with Gasteiger partial charge in [-0.3, -0.25) is 0 Å². The van der Waals surface area contributed by atoms with E-state index in [0.29, 0.717) is 5.02 Å². The summed E-state index contributed by atoms with van der Waals surface area (Å²) in [6, 6.07) is 6.13. The third-order valence-electron chi connectivity index (χ3n) is 5.20. The lowest BCUT2D eigenvalue weighted by Gasteiger charge is -2.41. The second-order valence-corrected chi connectivity index (χ2v) is 9.25. The van der Waals surface area contributed by atoms with Crippen LogP contribution in [0.15, 0.2) is 47.5 Å². The summed E-state index contributed by atoms with van der Waals surface area (Å²) in [6.45, 7) is -0.658. The molecular weight excluding hydrogens is 487 g/mol. The highest BCUT2D eigenvalue weighted by Gasteiger charge is 2.51. The molecule has 0 radical (unpaired) electrons. The largest absolute Gasteiger partial charge is 0.609 e. The standard InChI is InChI=1S/C20H17ClF3N3O5S/c21-10-1-3-11(4-2-10)33(31)20-19(30)17(18(29)15(8-28)32-20)27-7-14(25-26-27)9-5-12(22)16(24)13(23)6-9/h1-7,15,17-20,28-30H,8H2/t15?,17-,18-,19?,20+,33?/m0/s1. The summed E-state index contributed by atoms with van der Waals surface area (Å²) < 4.78 is 60.0. The van der Waals surface area contributed by atoms with E-state index in [0.717, 1.165) is 16.8 Å². The van der Waals surface area contributed by atoms with Crippen LogP contribution in [-0.4, -0.2) is 65.2 Å². The number of hydrogen-bond acceptors (Lipinski definition) is 7. The number of ether oxygens (including phenoxy) is 1. The molecule has 6 atom stereocenters. The lowest BCUT2D eigenvalue weighted by atomic mass is 9.97. The molecule has 1 aliphatic heterocycles. The number of halogens is 4. The average Bonchev–Trinajstić information content (AvgIpc) is 3.27. The normalized spacial score (nSPS) is 26.4. The number of aliphatic hydroxyl groups excluding tert-OH is 3. The maximum atomic E-state index is 13.6. The van der Waals surface area contributed by atoms with E-state index in [1.54, 1.807) is 0 Å². The fourth-order valence-electron chi connectivity index (χ4n) is 3.52. The van der Waals surface area contributed by atoms with E-state index >= 15 is 0 Å². The summed E-state index contributed by atoms with van der Waals surface area (Å²) in [5.74, 6) is -4.49. The second kappa shape index (κ2) is 9.58. The zero-order valence-corrected chi connectivity index (χ0v) is 18.1. The van der Waals surface area contributed by atoms with Gasteiger partial charge in [0.2, 0.25) is 5.44 Å². The van der Waals surface area contributed by atoms with Crippen molar-refractivity contribution in [2.45, 2.75) is 34.7 Å². The van der Waals surface area contributed by atoms with Crippen molar-refractivity contribution in [1.29, 1.82) is 0 Å². The fourth-order valence-corrected chi connectivity index (χ4v) is 4.97. The zero-order chi connectivity index (χ0) is 23.9. The molecule has 1 aromatic heterocycles. The van der Waals surface area contributed by atoms with Crippen LogP contribution in [0, 0.1) is 17.5 Å². The third-order valence-corrected chi connectivity index (χ3v) is 7.00. The molecule has 2 aromatic carbocycles. The highest BCUT2D eigenvalue weighted by molar-refractivity contribution is 7.92. The maximum Gasteiger partial charge on any atom is 0.250 e. The molecule has 13 heteroatoms. The van der Waals surface area contributed by atoms with Gasteiger partial charge in [-0.25, -0.2) is 17.9 Å². The summed E-state index contributed by atoms with van der Waals surface area (Å²) in [5.41, 5.74) is -1.58. The zero-order valence-electron chi connectivity index (χ0n) is 16.6. The van der Waals surface area contributed by atoms with Gasteiger partial charge in [-0.1, -0.05) is 16.8 Å². The lowest BCUT2D eigenvalue weighted by Crippen LogP contribution is -2.58. The highest BCUT2D eigenvalue weighted by Crippen LogP contribution is 2.35. The van der Waals surface area contributed by atoms with Gasteiger partial charge in [-0.05, 0) is 36.4 Å². The quantitative estimate of drug-likeness (QED) is 0.358. The minimum absolute atomic E-state index is 0.0744. The highest BCUT2D eigenvalue weighted by atomic mass is 35.5. The SMILES string of the molecule is [O-][S+](c1ccc(Cl)cc1)[C@H]1OC(CO)[C@H](O)[C@H](n2cc(-c3cc(F)c(F)c(F)c3)nn2)C1O. The van der Waals surface area contributed by atoms with Crippen molar-refractivity contribution in [3.63, 3.8) is 0 Å². The van der Waals surface area contributed by atoms with Crippen LogP contribution in [0.5, 0.6) is 0 Å². The van der Waals surface area contributed by atoms with Gasteiger partial charge >= 0.3 is 0 Å². The first-order valence-corrected chi connectivity index (χ1v) is 11.2. The minimum Gasteiger partial charge on any atom is -0.609 e. The molecule has 4 rings (SSSR count). The summed E-state index contributed by atoms with van der Waals surface area (Å²) in [5, 5.41) is 39.2. The van der Waals surface area contributed by atoms with Crippen molar-refractivity contribution in [2.24, 2.45) is 0 Å². The monoisotopic (exact) mass is 503 g/mol. The maximum absolute atomic E-state index is 13.6. The molecule has 0 spiro atoms. The Kier molecular flexibility index (Phi) is 6.96. The minimum atomic E-state index is -1.93. The van der Waals surface area contributed by atoms with Gasteiger partial charge in [0.15, 0.2) is 28.5 Å². The molecule has 3 aromatic rings. The van der Waals surface area contributed by atoms with Crippen LogP contribution in [0.3, 0.4) is 0 Å². The van der Waals surface area contributed by atoms with Crippen LogP contribution in [0.25, 0.3) is 11.3 Å². The van der Waals surface area contributed by atoms with Gasteiger partial charge in [0.25, 0.3) is 0 Å². The second-order valence-electron chi connectivity index (χ2n) is 7.29. The van der Waals surface area contributed by atoms with E-state index in [2.05, 4.69) is 10.3 Å². The predicted octanol–water partition coefficient (Wildman–Crippen LogP) is 1.80. The number of rotatable bonds is 5. The Hall–Kier alpha value is -2.19. The van der Waals surface area contributed by atoms with Crippen LogP contribution >= 0.6 is 11.6 Å². The van der Waals surface area contributed by atoms with Crippen molar-refractivity contribution >= 4 is 22.8 Å². The van der Waals surface area contributed by atoms with Crippen molar-refractivity contribution in [2.75, 3.05) is 6.61 Å². The third kappa shape index (κ3) is 4.60. The van der Waals surface area contributed by atoms with E-state index in [-0.39, 0.29) is 16.2 Å².